The SMILES string of the molecule is CCN1CCc2nc3ccccc3c(C(=O)OCC(=O)c3cccnc3)c2C1. The average Bonchev–Trinajstić information content (AvgIpc) is 2.75. The molecule has 6 heteroatoms. The van der Waals surface area contributed by atoms with Crippen molar-refractivity contribution in [2.75, 3.05) is 19.7 Å². The maximum Gasteiger partial charge on any atom is 0.339 e. The van der Waals surface area contributed by atoms with Crippen LogP contribution in [0.2, 0.25) is 0 Å². The van der Waals surface area contributed by atoms with Gasteiger partial charge in [-0.15, -0.1) is 0 Å². The van der Waals surface area contributed by atoms with Crippen LogP contribution < -0.4 is 0 Å². The minimum atomic E-state index is -0.481. The number of ether oxygens (including phenoxy) is 1. The van der Waals surface area contributed by atoms with Gasteiger partial charge in [0.2, 0.25) is 5.78 Å². The lowest BCUT2D eigenvalue weighted by molar-refractivity contribution is 0.0474. The topological polar surface area (TPSA) is 72.4 Å². The van der Waals surface area contributed by atoms with Crippen molar-refractivity contribution in [1.82, 2.24) is 14.9 Å². The quantitative estimate of drug-likeness (QED) is 0.504. The molecular weight excluding hydrogens is 354 g/mol. The highest BCUT2D eigenvalue weighted by Crippen LogP contribution is 2.28. The summed E-state index contributed by atoms with van der Waals surface area (Å²) in [5, 5.41) is 0.762. The second-order valence-electron chi connectivity index (χ2n) is 6.79. The van der Waals surface area contributed by atoms with Crippen LogP contribution in [-0.2, 0) is 17.7 Å². The molecule has 0 bridgehead atoms. The number of esters is 1. The molecule has 0 spiro atoms. The first-order valence-corrected chi connectivity index (χ1v) is 9.40. The summed E-state index contributed by atoms with van der Waals surface area (Å²) in [4.78, 5) is 36.3. The number of aromatic nitrogens is 2. The summed E-state index contributed by atoms with van der Waals surface area (Å²) < 4.78 is 5.42. The van der Waals surface area contributed by atoms with Gasteiger partial charge in [-0.25, -0.2) is 4.79 Å². The van der Waals surface area contributed by atoms with Crippen molar-refractivity contribution in [2.24, 2.45) is 0 Å². The van der Waals surface area contributed by atoms with Crippen molar-refractivity contribution in [2.45, 2.75) is 19.9 Å². The van der Waals surface area contributed by atoms with Gasteiger partial charge in [0.05, 0.1) is 11.1 Å². The predicted molar refractivity (Wildman–Crippen MR) is 105 cm³/mol. The number of ketones is 1. The van der Waals surface area contributed by atoms with Gasteiger partial charge in [-0.2, -0.15) is 0 Å². The molecule has 1 aliphatic rings. The number of hydrogen-bond acceptors (Lipinski definition) is 6. The van der Waals surface area contributed by atoms with E-state index in [1.165, 1.54) is 6.20 Å². The van der Waals surface area contributed by atoms with Gasteiger partial charge in [0.15, 0.2) is 6.61 Å². The lowest BCUT2D eigenvalue weighted by Gasteiger charge is -2.28. The maximum absolute atomic E-state index is 13.0. The van der Waals surface area contributed by atoms with Gasteiger partial charge in [-0.1, -0.05) is 25.1 Å². The first-order valence-electron chi connectivity index (χ1n) is 9.40. The van der Waals surface area contributed by atoms with Crippen molar-refractivity contribution < 1.29 is 14.3 Å². The van der Waals surface area contributed by atoms with Gasteiger partial charge in [0.1, 0.15) is 0 Å². The molecule has 3 heterocycles. The maximum atomic E-state index is 13.0. The van der Waals surface area contributed by atoms with Crippen LogP contribution in [0.1, 0.15) is 38.9 Å². The molecule has 0 saturated carbocycles. The van der Waals surface area contributed by atoms with E-state index < -0.39 is 5.97 Å². The number of rotatable bonds is 5. The van der Waals surface area contributed by atoms with Crippen molar-refractivity contribution in [3.05, 3.63) is 71.2 Å². The van der Waals surface area contributed by atoms with Crippen LogP contribution in [0.25, 0.3) is 10.9 Å². The third kappa shape index (κ3) is 3.51. The highest BCUT2D eigenvalue weighted by Gasteiger charge is 2.26. The second kappa shape index (κ2) is 7.86. The Labute approximate surface area is 163 Å². The van der Waals surface area contributed by atoms with E-state index in [1.807, 2.05) is 24.3 Å². The lowest BCUT2D eigenvalue weighted by Crippen LogP contribution is -2.32. The van der Waals surface area contributed by atoms with Crippen LogP contribution in [0.5, 0.6) is 0 Å². The van der Waals surface area contributed by atoms with Gasteiger partial charge in [0.25, 0.3) is 0 Å². The van der Waals surface area contributed by atoms with Crippen molar-refractivity contribution in [1.29, 1.82) is 0 Å². The number of Topliss-reactive ketones (excluding diaryl/α,β-unsaturated/α-hetero) is 1. The largest absolute Gasteiger partial charge is 0.454 e. The van der Waals surface area contributed by atoms with E-state index in [-0.39, 0.29) is 12.4 Å². The average molecular weight is 375 g/mol. The van der Waals surface area contributed by atoms with E-state index >= 15 is 0 Å². The molecule has 0 fully saturated rings. The third-order valence-electron chi connectivity index (χ3n) is 5.09. The minimum absolute atomic E-state index is 0.274. The van der Waals surface area contributed by atoms with Crippen molar-refractivity contribution in [3.8, 4) is 0 Å². The third-order valence-corrected chi connectivity index (χ3v) is 5.09. The van der Waals surface area contributed by atoms with Gasteiger partial charge in [0, 0.05) is 54.1 Å². The number of nitrogens with zero attached hydrogens (tertiary/aromatic N) is 3. The number of benzene rings is 1. The molecule has 0 unspecified atom stereocenters. The molecule has 4 rings (SSSR count). The molecule has 0 radical (unpaired) electrons. The standard InChI is InChI=1S/C22H21N3O3/c1-2-25-11-9-19-17(13-25)21(16-7-3-4-8-18(16)24-19)22(27)28-14-20(26)15-6-5-10-23-12-15/h3-8,10,12H,2,9,11,13-14H2,1H3. The molecule has 1 aromatic carbocycles. The summed E-state index contributed by atoms with van der Waals surface area (Å²) in [6, 6.07) is 10.9. The van der Waals surface area contributed by atoms with E-state index in [2.05, 4.69) is 16.8 Å². The van der Waals surface area contributed by atoms with E-state index in [1.54, 1.807) is 18.3 Å². The highest BCUT2D eigenvalue weighted by atomic mass is 16.5. The number of para-hydroxylation sites is 1. The molecule has 0 saturated heterocycles. The summed E-state index contributed by atoms with van der Waals surface area (Å²) in [5.41, 5.74) is 3.57. The second-order valence-corrected chi connectivity index (χ2v) is 6.79. The van der Waals surface area contributed by atoms with E-state index in [0.717, 1.165) is 41.7 Å². The molecule has 1 aliphatic heterocycles. The van der Waals surface area contributed by atoms with Gasteiger partial charge < -0.3 is 4.74 Å². The normalized spacial score (nSPS) is 13.9. The predicted octanol–water partition coefficient (Wildman–Crippen LogP) is 3.05. The Bertz CT molecular complexity index is 1030. The molecule has 6 nitrogen and oxygen atoms in total. The molecule has 2 aromatic heterocycles. The van der Waals surface area contributed by atoms with E-state index in [0.29, 0.717) is 17.7 Å². The molecule has 28 heavy (non-hydrogen) atoms. The fourth-order valence-electron chi connectivity index (χ4n) is 3.56. The van der Waals surface area contributed by atoms with Crippen LogP contribution >= 0.6 is 0 Å². The first kappa shape index (κ1) is 18.3. The number of carbonyl (C=O) groups excluding carboxylic acids is 2. The van der Waals surface area contributed by atoms with Crippen LogP contribution in [0.15, 0.2) is 48.8 Å². The molecule has 0 aliphatic carbocycles. The van der Waals surface area contributed by atoms with Gasteiger partial charge >= 0.3 is 5.97 Å². The van der Waals surface area contributed by atoms with Crippen LogP contribution in [0.3, 0.4) is 0 Å². The molecular formula is C22H21N3O3. The Morgan fingerprint density at radius 3 is 2.82 bits per heavy atom. The first-order chi connectivity index (χ1) is 13.7. The molecule has 0 amide bonds. The number of carbonyl (C=O) groups is 2. The monoisotopic (exact) mass is 375 g/mol. The summed E-state index contributed by atoms with van der Waals surface area (Å²) >= 11 is 0. The number of likely N-dealkylation sites (N-methyl/N-ethyl adjacent to an activating group) is 1. The fourth-order valence-corrected chi connectivity index (χ4v) is 3.56. The number of pyridine rings is 2. The molecule has 0 atom stereocenters. The van der Waals surface area contributed by atoms with Crippen LogP contribution in [0, 0.1) is 0 Å². The van der Waals surface area contributed by atoms with Gasteiger partial charge in [-0.05, 0) is 24.7 Å². The van der Waals surface area contributed by atoms with Crippen LogP contribution in [0.4, 0.5) is 0 Å². The zero-order chi connectivity index (χ0) is 19.5. The molecule has 142 valence electrons. The van der Waals surface area contributed by atoms with Gasteiger partial charge in [-0.3, -0.25) is 19.7 Å². The van der Waals surface area contributed by atoms with Crippen molar-refractivity contribution in [3.63, 3.8) is 0 Å². The molecule has 3 aromatic rings. The highest BCUT2D eigenvalue weighted by molar-refractivity contribution is 6.06. The zero-order valence-corrected chi connectivity index (χ0v) is 15.7. The smallest absolute Gasteiger partial charge is 0.339 e. The number of hydrogen-bond donors (Lipinski definition) is 0. The summed E-state index contributed by atoms with van der Waals surface area (Å²) in [6.45, 7) is 4.27. The Kier molecular flexibility index (Phi) is 5.12. The van der Waals surface area contributed by atoms with Crippen LogP contribution in [-0.4, -0.2) is 46.3 Å². The summed E-state index contributed by atoms with van der Waals surface area (Å²) in [6.07, 6.45) is 3.86. The Hall–Kier alpha value is -3.12. The summed E-state index contributed by atoms with van der Waals surface area (Å²) in [7, 11) is 0. The summed E-state index contributed by atoms with van der Waals surface area (Å²) in [5.74, 6) is -0.756. The Morgan fingerprint density at radius 1 is 1.18 bits per heavy atom. The Morgan fingerprint density at radius 2 is 2.04 bits per heavy atom. The van der Waals surface area contributed by atoms with E-state index in [9.17, 15) is 9.59 Å². The molecule has 0 N–H and O–H groups in total. The fraction of sp³-hybridized carbons (Fsp3) is 0.273. The van der Waals surface area contributed by atoms with Crippen molar-refractivity contribution >= 4 is 22.7 Å². The van der Waals surface area contributed by atoms with E-state index in [4.69, 9.17) is 9.72 Å². The Balaban J connectivity index is 1.66. The zero-order valence-electron chi connectivity index (χ0n) is 15.7. The number of fused-ring (bicyclic) bond motifs is 2. The lowest BCUT2D eigenvalue weighted by atomic mass is 9.96. The minimum Gasteiger partial charge on any atom is -0.454 e.